The Morgan fingerprint density at radius 2 is 2.03 bits per heavy atom. The first-order chi connectivity index (χ1) is 14.0. The van der Waals surface area contributed by atoms with Crippen molar-refractivity contribution in [1.29, 1.82) is 0 Å². The average Bonchev–Trinajstić information content (AvgIpc) is 3.38. The van der Waals surface area contributed by atoms with Crippen LogP contribution in [-0.2, 0) is 12.0 Å². The van der Waals surface area contributed by atoms with E-state index in [9.17, 15) is 9.90 Å². The Labute approximate surface area is 168 Å². The molecule has 7 nitrogen and oxygen atoms in total. The predicted octanol–water partition coefficient (Wildman–Crippen LogP) is 2.92. The van der Waals surface area contributed by atoms with E-state index in [1.807, 2.05) is 24.3 Å². The van der Waals surface area contributed by atoms with E-state index in [0.717, 1.165) is 17.5 Å². The van der Waals surface area contributed by atoms with Gasteiger partial charge in [-0.1, -0.05) is 29.4 Å². The molecular formula is C22H22N2O5. The first kappa shape index (κ1) is 19.0. The Bertz CT molecular complexity index is 1050. The van der Waals surface area contributed by atoms with Crippen LogP contribution in [0.1, 0.15) is 28.0 Å². The van der Waals surface area contributed by atoms with E-state index in [4.69, 9.17) is 14.0 Å². The van der Waals surface area contributed by atoms with Crippen LogP contribution in [0.3, 0.4) is 0 Å². The van der Waals surface area contributed by atoms with Crippen molar-refractivity contribution in [3.05, 3.63) is 65.4 Å². The molecule has 1 heterocycles. The van der Waals surface area contributed by atoms with Gasteiger partial charge in [0.05, 0.1) is 26.3 Å². The van der Waals surface area contributed by atoms with Crippen LogP contribution in [0.5, 0.6) is 11.5 Å². The lowest BCUT2D eigenvalue weighted by Crippen LogP contribution is -2.39. The Morgan fingerprint density at radius 3 is 2.83 bits per heavy atom. The van der Waals surface area contributed by atoms with Gasteiger partial charge in [0.15, 0.2) is 11.5 Å². The summed E-state index contributed by atoms with van der Waals surface area (Å²) in [5, 5.41) is 17.6. The molecule has 0 saturated carbocycles. The maximum atomic E-state index is 12.6. The lowest BCUT2D eigenvalue weighted by atomic mass is 9.96. The van der Waals surface area contributed by atoms with Crippen molar-refractivity contribution in [1.82, 2.24) is 10.5 Å². The van der Waals surface area contributed by atoms with E-state index in [-0.39, 0.29) is 12.2 Å². The molecule has 29 heavy (non-hydrogen) atoms. The van der Waals surface area contributed by atoms with Crippen LogP contribution in [0.15, 0.2) is 53.1 Å². The third kappa shape index (κ3) is 3.56. The number of rotatable bonds is 6. The SMILES string of the molecule is COc1ccc(OC)c(-c2cc(C(=O)NCC3(O)CCc4ccccc43)no2)c1. The number of hydrogen-bond acceptors (Lipinski definition) is 6. The number of nitrogens with zero attached hydrogens (tertiary/aromatic N) is 1. The second-order valence-corrected chi connectivity index (χ2v) is 7.01. The number of carbonyl (C=O) groups is 1. The van der Waals surface area contributed by atoms with Crippen LogP contribution in [-0.4, -0.2) is 36.9 Å². The molecule has 7 heteroatoms. The molecule has 1 amide bonds. The van der Waals surface area contributed by atoms with Gasteiger partial charge in [-0.2, -0.15) is 0 Å². The number of methoxy groups -OCH3 is 2. The van der Waals surface area contributed by atoms with Crippen molar-refractivity contribution < 1.29 is 23.9 Å². The van der Waals surface area contributed by atoms with Gasteiger partial charge < -0.3 is 24.4 Å². The Kier molecular flexibility index (Phi) is 4.98. The van der Waals surface area contributed by atoms with E-state index in [1.165, 1.54) is 0 Å². The number of aromatic nitrogens is 1. The normalized spacial score (nSPS) is 17.6. The summed E-state index contributed by atoms with van der Waals surface area (Å²) in [6, 6.07) is 14.6. The summed E-state index contributed by atoms with van der Waals surface area (Å²) >= 11 is 0. The average molecular weight is 394 g/mol. The van der Waals surface area contributed by atoms with Crippen LogP contribution in [0.25, 0.3) is 11.3 Å². The highest BCUT2D eigenvalue weighted by atomic mass is 16.5. The number of carbonyl (C=O) groups excluding carboxylic acids is 1. The molecule has 0 fully saturated rings. The van der Waals surface area contributed by atoms with Crippen LogP contribution < -0.4 is 14.8 Å². The zero-order valence-corrected chi connectivity index (χ0v) is 16.3. The van der Waals surface area contributed by atoms with Gasteiger partial charge in [0.2, 0.25) is 0 Å². The van der Waals surface area contributed by atoms with Crippen LogP contribution in [0.2, 0.25) is 0 Å². The fourth-order valence-corrected chi connectivity index (χ4v) is 3.68. The van der Waals surface area contributed by atoms with Crippen molar-refractivity contribution in [2.45, 2.75) is 18.4 Å². The van der Waals surface area contributed by atoms with E-state index < -0.39 is 11.5 Å². The minimum atomic E-state index is -1.07. The largest absolute Gasteiger partial charge is 0.497 e. The Hall–Kier alpha value is -3.32. The molecule has 1 aliphatic carbocycles. The summed E-state index contributed by atoms with van der Waals surface area (Å²) in [5.74, 6) is 1.17. The van der Waals surface area contributed by atoms with Crippen molar-refractivity contribution >= 4 is 5.91 Å². The monoisotopic (exact) mass is 394 g/mol. The quantitative estimate of drug-likeness (QED) is 0.668. The third-order valence-corrected chi connectivity index (χ3v) is 5.28. The predicted molar refractivity (Wildman–Crippen MR) is 106 cm³/mol. The van der Waals surface area contributed by atoms with Crippen molar-refractivity contribution in [3.8, 4) is 22.8 Å². The molecular weight excluding hydrogens is 372 g/mol. The fraction of sp³-hybridized carbons (Fsp3) is 0.273. The summed E-state index contributed by atoms with van der Waals surface area (Å²) in [6.45, 7) is 0.105. The molecule has 1 atom stereocenters. The molecule has 2 aromatic carbocycles. The number of amides is 1. The van der Waals surface area contributed by atoms with Crippen molar-refractivity contribution in [2.24, 2.45) is 0 Å². The number of benzene rings is 2. The van der Waals surface area contributed by atoms with Crippen molar-refractivity contribution in [2.75, 3.05) is 20.8 Å². The smallest absolute Gasteiger partial charge is 0.273 e. The Balaban J connectivity index is 1.50. The lowest BCUT2D eigenvalue weighted by Gasteiger charge is -2.24. The standard InChI is InChI=1S/C22H22N2O5/c1-27-15-7-8-19(28-2)16(11-15)20-12-18(24-29-20)21(25)23-13-22(26)10-9-14-5-3-4-6-17(14)22/h3-8,11-12,26H,9-10,13H2,1-2H3,(H,23,25). The van der Waals surface area contributed by atoms with E-state index >= 15 is 0 Å². The maximum absolute atomic E-state index is 12.6. The zero-order chi connectivity index (χ0) is 20.4. The van der Waals surface area contributed by atoms with Gasteiger partial charge in [-0.25, -0.2) is 0 Å². The van der Waals surface area contributed by atoms with E-state index in [2.05, 4.69) is 10.5 Å². The highest BCUT2D eigenvalue weighted by molar-refractivity contribution is 5.93. The first-order valence-corrected chi connectivity index (χ1v) is 9.32. The minimum absolute atomic E-state index is 0.105. The third-order valence-electron chi connectivity index (χ3n) is 5.28. The number of hydrogen-bond donors (Lipinski definition) is 2. The number of ether oxygens (including phenoxy) is 2. The molecule has 0 aliphatic heterocycles. The topological polar surface area (TPSA) is 93.8 Å². The highest BCUT2D eigenvalue weighted by Gasteiger charge is 2.36. The molecule has 0 radical (unpaired) electrons. The number of nitrogens with one attached hydrogen (secondary N) is 1. The second-order valence-electron chi connectivity index (χ2n) is 7.01. The number of aliphatic hydroxyl groups is 1. The van der Waals surface area contributed by atoms with Gasteiger partial charge in [0.1, 0.15) is 17.1 Å². The van der Waals surface area contributed by atoms with Crippen LogP contribution in [0, 0.1) is 0 Å². The van der Waals surface area contributed by atoms with Gasteiger partial charge in [0.25, 0.3) is 5.91 Å². The van der Waals surface area contributed by atoms with Crippen LogP contribution in [0.4, 0.5) is 0 Å². The lowest BCUT2D eigenvalue weighted by molar-refractivity contribution is 0.0368. The summed E-state index contributed by atoms with van der Waals surface area (Å²) in [5.41, 5.74) is 1.65. The first-order valence-electron chi connectivity index (χ1n) is 9.32. The van der Waals surface area contributed by atoms with Gasteiger partial charge >= 0.3 is 0 Å². The van der Waals surface area contributed by atoms with Gasteiger partial charge in [-0.15, -0.1) is 0 Å². The molecule has 0 bridgehead atoms. The molecule has 4 rings (SSSR count). The molecule has 3 aromatic rings. The van der Waals surface area contributed by atoms with Crippen molar-refractivity contribution in [3.63, 3.8) is 0 Å². The van der Waals surface area contributed by atoms with Gasteiger partial charge in [-0.3, -0.25) is 4.79 Å². The van der Waals surface area contributed by atoms with Crippen LogP contribution >= 0.6 is 0 Å². The number of fused-ring (bicyclic) bond motifs is 1. The molecule has 0 spiro atoms. The molecule has 150 valence electrons. The fourth-order valence-electron chi connectivity index (χ4n) is 3.68. The Morgan fingerprint density at radius 1 is 1.21 bits per heavy atom. The summed E-state index contributed by atoms with van der Waals surface area (Å²) < 4.78 is 16.0. The number of aryl methyl sites for hydroxylation is 1. The second kappa shape index (κ2) is 7.60. The summed E-state index contributed by atoms with van der Waals surface area (Å²) in [6.07, 6.45) is 1.35. The van der Waals surface area contributed by atoms with E-state index in [1.54, 1.807) is 38.5 Å². The molecule has 1 unspecified atom stereocenters. The molecule has 2 N–H and O–H groups in total. The van der Waals surface area contributed by atoms with Gasteiger partial charge in [0, 0.05) is 6.07 Å². The zero-order valence-electron chi connectivity index (χ0n) is 16.3. The summed E-state index contributed by atoms with van der Waals surface area (Å²) in [4.78, 5) is 12.6. The molecule has 1 aliphatic rings. The van der Waals surface area contributed by atoms with E-state index in [0.29, 0.717) is 29.2 Å². The minimum Gasteiger partial charge on any atom is -0.497 e. The molecule has 1 aromatic heterocycles. The summed E-state index contributed by atoms with van der Waals surface area (Å²) in [7, 11) is 3.12. The highest BCUT2D eigenvalue weighted by Crippen LogP contribution is 2.36. The van der Waals surface area contributed by atoms with Gasteiger partial charge in [-0.05, 0) is 42.2 Å². The molecule has 0 saturated heterocycles. The maximum Gasteiger partial charge on any atom is 0.273 e.